The first kappa shape index (κ1) is 17.6. The first-order valence-electron chi connectivity index (χ1n) is 7.29. The molecule has 2 aromatic heterocycles. The summed E-state index contributed by atoms with van der Waals surface area (Å²) in [6.07, 6.45) is 1.72. The van der Waals surface area contributed by atoms with Crippen molar-refractivity contribution in [2.24, 2.45) is 0 Å². The van der Waals surface area contributed by atoms with Crippen LogP contribution in [0.1, 0.15) is 15.2 Å². The van der Waals surface area contributed by atoms with Gasteiger partial charge in [0.2, 0.25) is 0 Å². The van der Waals surface area contributed by atoms with Gasteiger partial charge in [-0.3, -0.25) is 0 Å². The number of aromatic nitrogens is 1. The minimum atomic E-state index is -0.441. The Morgan fingerprint density at radius 3 is 2.80 bits per heavy atom. The highest BCUT2D eigenvalue weighted by Gasteiger charge is 2.17. The van der Waals surface area contributed by atoms with Gasteiger partial charge in [-0.1, -0.05) is 11.6 Å². The van der Waals surface area contributed by atoms with Crippen molar-refractivity contribution in [2.75, 3.05) is 17.7 Å². The largest absolute Gasteiger partial charge is 0.465 e. The lowest BCUT2D eigenvalue weighted by Gasteiger charge is -2.10. The highest BCUT2D eigenvalue weighted by molar-refractivity contribution is 7.80. The van der Waals surface area contributed by atoms with Gasteiger partial charge in [-0.15, -0.1) is 11.3 Å². The van der Waals surface area contributed by atoms with Crippen LogP contribution in [0, 0.1) is 6.92 Å². The number of ether oxygens (including phenoxy) is 1. The van der Waals surface area contributed by atoms with E-state index in [2.05, 4.69) is 15.6 Å². The highest BCUT2D eigenvalue weighted by Crippen LogP contribution is 2.37. The molecule has 0 spiro atoms. The predicted molar refractivity (Wildman–Crippen MR) is 107 cm³/mol. The van der Waals surface area contributed by atoms with Crippen molar-refractivity contribution >= 4 is 67.8 Å². The van der Waals surface area contributed by atoms with Crippen molar-refractivity contribution in [3.8, 4) is 0 Å². The third-order valence-electron chi connectivity index (χ3n) is 3.42. The predicted octanol–water partition coefficient (Wildman–Crippen LogP) is 4.85. The second kappa shape index (κ2) is 7.35. The van der Waals surface area contributed by atoms with Crippen molar-refractivity contribution in [1.29, 1.82) is 0 Å². The summed E-state index contributed by atoms with van der Waals surface area (Å²) < 4.78 is 5.62. The van der Waals surface area contributed by atoms with Crippen molar-refractivity contribution in [2.45, 2.75) is 6.92 Å². The van der Waals surface area contributed by atoms with Gasteiger partial charge in [0.1, 0.15) is 10.7 Å². The van der Waals surface area contributed by atoms with Gasteiger partial charge in [0.15, 0.2) is 5.11 Å². The molecular weight excluding hydrogens is 378 g/mol. The van der Waals surface area contributed by atoms with Crippen LogP contribution >= 0.6 is 35.2 Å². The first-order chi connectivity index (χ1) is 12.0. The van der Waals surface area contributed by atoms with Crippen LogP contribution in [0.3, 0.4) is 0 Å². The van der Waals surface area contributed by atoms with E-state index in [0.717, 1.165) is 21.3 Å². The standard InChI is InChI=1S/C17H14ClN3O2S2/c1-9-5-6-19-13(7-9)21-17(24)20-10-3-4-11-12(8-10)25-15(14(11)18)16(22)23-2/h3-8H,1-2H3,(H2,19,20,21,24). The molecule has 3 aromatic rings. The summed E-state index contributed by atoms with van der Waals surface area (Å²) in [5, 5.41) is 7.77. The Labute approximate surface area is 159 Å². The van der Waals surface area contributed by atoms with E-state index in [9.17, 15) is 4.79 Å². The number of hydrogen-bond donors (Lipinski definition) is 2. The van der Waals surface area contributed by atoms with Crippen LogP contribution in [-0.2, 0) is 4.74 Å². The third kappa shape index (κ3) is 3.89. The number of anilines is 2. The number of carbonyl (C=O) groups is 1. The summed E-state index contributed by atoms with van der Waals surface area (Å²) in [5.74, 6) is 0.231. The number of thiophene rings is 1. The molecule has 0 bridgehead atoms. The van der Waals surface area contributed by atoms with Crippen LogP contribution < -0.4 is 10.6 Å². The summed E-state index contributed by atoms with van der Waals surface area (Å²) in [7, 11) is 1.33. The zero-order valence-electron chi connectivity index (χ0n) is 13.4. The number of esters is 1. The van der Waals surface area contributed by atoms with Crippen molar-refractivity contribution in [3.05, 3.63) is 52.0 Å². The number of carbonyl (C=O) groups excluding carboxylic acids is 1. The van der Waals surface area contributed by atoms with Crippen molar-refractivity contribution in [3.63, 3.8) is 0 Å². The Kier molecular flexibility index (Phi) is 5.17. The fourth-order valence-corrected chi connectivity index (χ4v) is 3.94. The zero-order chi connectivity index (χ0) is 18.0. The molecule has 0 amide bonds. The second-order valence-electron chi connectivity index (χ2n) is 5.25. The Morgan fingerprint density at radius 1 is 1.28 bits per heavy atom. The molecule has 8 heteroatoms. The summed E-state index contributed by atoms with van der Waals surface area (Å²) in [6, 6.07) is 9.39. The van der Waals surface area contributed by atoms with Gasteiger partial charge in [-0.05, 0) is 55.0 Å². The summed E-state index contributed by atoms with van der Waals surface area (Å²) in [6.45, 7) is 1.98. The number of hydrogen-bond acceptors (Lipinski definition) is 5. The van der Waals surface area contributed by atoms with Crippen LogP contribution in [-0.4, -0.2) is 23.2 Å². The highest BCUT2D eigenvalue weighted by atomic mass is 35.5. The number of thiocarbonyl (C=S) groups is 1. The quantitative estimate of drug-likeness (QED) is 0.491. The van der Waals surface area contributed by atoms with Crippen LogP contribution in [0.25, 0.3) is 10.1 Å². The first-order valence-corrected chi connectivity index (χ1v) is 8.89. The fraction of sp³-hybridized carbons (Fsp3) is 0.118. The van der Waals surface area contributed by atoms with E-state index in [0.29, 0.717) is 20.8 Å². The monoisotopic (exact) mass is 391 g/mol. The van der Waals surface area contributed by atoms with Crippen molar-refractivity contribution in [1.82, 2.24) is 4.98 Å². The average Bonchev–Trinajstić information content (AvgIpc) is 2.90. The number of nitrogens with one attached hydrogen (secondary N) is 2. The number of aryl methyl sites for hydroxylation is 1. The van der Waals surface area contributed by atoms with E-state index < -0.39 is 5.97 Å². The molecule has 5 nitrogen and oxygen atoms in total. The lowest BCUT2D eigenvalue weighted by atomic mass is 10.2. The van der Waals surface area contributed by atoms with E-state index in [1.165, 1.54) is 18.4 Å². The second-order valence-corrected chi connectivity index (χ2v) is 7.08. The fourth-order valence-electron chi connectivity index (χ4n) is 2.25. The zero-order valence-corrected chi connectivity index (χ0v) is 15.8. The Morgan fingerprint density at radius 2 is 2.08 bits per heavy atom. The van der Waals surface area contributed by atoms with Gasteiger partial charge in [0.05, 0.1) is 12.1 Å². The Balaban J connectivity index is 1.80. The average molecular weight is 392 g/mol. The molecular formula is C17H14ClN3O2S2. The minimum Gasteiger partial charge on any atom is -0.465 e. The van der Waals surface area contributed by atoms with Gasteiger partial charge in [0.25, 0.3) is 0 Å². The number of pyridine rings is 1. The topological polar surface area (TPSA) is 63.2 Å². The summed E-state index contributed by atoms with van der Waals surface area (Å²) >= 11 is 12.9. The lowest BCUT2D eigenvalue weighted by Crippen LogP contribution is -2.19. The van der Waals surface area contributed by atoms with E-state index >= 15 is 0 Å². The molecule has 0 saturated carbocycles. The number of rotatable bonds is 3. The molecule has 2 N–H and O–H groups in total. The molecule has 0 fully saturated rings. The number of halogens is 1. The van der Waals surface area contributed by atoms with Gasteiger partial charge < -0.3 is 15.4 Å². The normalized spacial score (nSPS) is 10.5. The van der Waals surface area contributed by atoms with E-state index in [1.54, 1.807) is 6.20 Å². The maximum atomic E-state index is 11.7. The van der Waals surface area contributed by atoms with Crippen LogP contribution in [0.15, 0.2) is 36.5 Å². The summed E-state index contributed by atoms with van der Waals surface area (Å²) in [5.41, 5.74) is 1.87. The molecule has 0 aliphatic heterocycles. The molecule has 0 aliphatic rings. The van der Waals surface area contributed by atoms with Crippen LogP contribution in [0.2, 0.25) is 5.02 Å². The maximum Gasteiger partial charge on any atom is 0.349 e. The lowest BCUT2D eigenvalue weighted by molar-refractivity contribution is 0.0606. The molecule has 0 atom stereocenters. The van der Waals surface area contributed by atoms with Gasteiger partial charge in [0, 0.05) is 22.0 Å². The van der Waals surface area contributed by atoms with E-state index in [-0.39, 0.29) is 0 Å². The number of benzene rings is 1. The number of nitrogens with zero attached hydrogens (tertiary/aromatic N) is 1. The maximum absolute atomic E-state index is 11.7. The summed E-state index contributed by atoms with van der Waals surface area (Å²) in [4.78, 5) is 16.3. The molecule has 1 aromatic carbocycles. The molecule has 0 radical (unpaired) electrons. The molecule has 3 rings (SSSR count). The van der Waals surface area contributed by atoms with Crippen LogP contribution in [0.5, 0.6) is 0 Å². The van der Waals surface area contributed by atoms with E-state index in [1.807, 2.05) is 37.3 Å². The molecule has 2 heterocycles. The third-order valence-corrected chi connectivity index (χ3v) is 5.26. The minimum absolute atomic E-state index is 0.390. The Hall–Kier alpha value is -2.22. The molecule has 0 saturated heterocycles. The van der Waals surface area contributed by atoms with Gasteiger partial charge in [-0.25, -0.2) is 9.78 Å². The molecule has 0 unspecified atom stereocenters. The van der Waals surface area contributed by atoms with E-state index in [4.69, 9.17) is 28.6 Å². The number of methoxy groups -OCH3 is 1. The molecule has 0 aliphatic carbocycles. The Bertz CT molecular complexity index is 972. The van der Waals surface area contributed by atoms with Gasteiger partial charge >= 0.3 is 5.97 Å². The van der Waals surface area contributed by atoms with Crippen LogP contribution in [0.4, 0.5) is 11.5 Å². The smallest absolute Gasteiger partial charge is 0.349 e. The molecule has 128 valence electrons. The molecule has 25 heavy (non-hydrogen) atoms. The van der Waals surface area contributed by atoms with Gasteiger partial charge in [-0.2, -0.15) is 0 Å². The SMILES string of the molecule is COC(=O)c1sc2cc(NC(=S)Nc3cc(C)ccn3)ccc2c1Cl. The number of fused-ring (bicyclic) bond motifs is 1. The van der Waals surface area contributed by atoms with Crippen molar-refractivity contribution < 1.29 is 9.53 Å².